The van der Waals surface area contributed by atoms with Crippen LogP contribution in [0.4, 0.5) is 0 Å². The van der Waals surface area contributed by atoms with Crippen molar-refractivity contribution in [2.75, 3.05) is 13.6 Å². The molecular weight excluding hydrogens is 228 g/mol. The van der Waals surface area contributed by atoms with E-state index in [1.807, 2.05) is 6.92 Å². The number of nitrogens with two attached hydrogens (primary N) is 1. The van der Waals surface area contributed by atoms with Gasteiger partial charge in [0.05, 0.1) is 6.20 Å². The van der Waals surface area contributed by atoms with E-state index in [-0.39, 0.29) is 11.1 Å². The van der Waals surface area contributed by atoms with Gasteiger partial charge in [0.2, 0.25) is 0 Å². The molecule has 92 valence electrons. The molecule has 0 saturated carbocycles. The zero-order chi connectivity index (χ0) is 12.3. The first kappa shape index (κ1) is 13.1. The lowest BCUT2D eigenvalue weighted by atomic mass is 10.2. The predicted molar refractivity (Wildman–Crippen MR) is 61.4 cm³/mol. The number of hydrogen-bond donors (Lipinski definition) is 2. The molecule has 7 heteroatoms. The van der Waals surface area contributed by atoms with Crippen molar-refractivity contribution in [1.29, 1.82) is 0 Å². The molecule has 0 aliphatic rings. The molecule has 0 bridgehead atoms. The SMILES string of the molecule is Cc1ncc(S(=O)(=O)N(C)CCC(C)N)[nH]1. The second kappa shape index (κ2) is 4.94. The summed E-state index contributed by atoms with van der Waals surface area (Å²) >= 11 is 0. The van der Waals surface area contributed by atoms with Crippen molar-refractivity contribution < 1.29 is 8.42 Å². The molecule has 0 spiro atoms. The Morgan fingerprint density at radius 2 is 2.25 bits per heavy atom. The molecule has 1 aromatic heterocycles. The number of nitrogens with one attached hydrogen (secondary N) is 1. The quantitative estimate of drug-likeness (QED) is 0.769. The summed E-state index contributed by atoms with van der Waals surface area (Å²) in [6, 6.07) is -0.0128. The Bertz CT molecular complexity index is 438. The molecule has 0 radical (unpaired) electrons. The maximum absolute atomic E-state index is 12.0. The van der Waals surface area contributed by atoms with E-state index in [1.54, 1.807) is 6.92 Å². The molecular formula is C9H18N4O2S. The molecule has 1 rings (SSSR count). The third kappa shape index (κ3) is 3.03. The molecule has 1 aromatic rings. The first-order chi connectivity index (χ1) is 7.34. The van der Waals surface area contributed by atoms with Crippen molar-refractivity contribution in [2.24, 2.45) is 5.73 Å². The molecule has 6 nitrogen and oxygen atoms in total. The van der Waals surface area contributed by atoms with Gasteiger partial charge in [0.25, 0.3) is 10.0 Å². The van der Waals surface area contributed by atoms with E-state index in [1.165, 1.54) is 17.5 Å². The maximum Gasteiger partial charge on any atom is 0.259 e. The summed E-state index contributed by atoms with van der Waals surface area (Å²) in [6.45, 7) is 3.96. The number of aromatic amines is 1. The van der Waals surface area contributed by atoms with E-state index in [0.29, 0.717) is 18.8 Å². The Kier molecular flexibility index (Phi) is 4.06. The highest BCUT2D eigenvalue weighted by atomic mass is 32.2. The Morgan fingerprint density at radius 3 is 2.69 bits per heavy atom. The monoisotopic (exact) mass is 246 g/mol. The number of nitrogens with zero attached hydrogens (tertiary/aromatic N) is 2. The van der Waals surface area contributed by atoms with E-state index < -0.39 is 10.0 Å². The van der Waals surface area contributed by atoms with E-state index in [0.717, 1.165) is 0 Å². The summed E-state index contributed by atoms with van der Waals surface area (Å²) in [4.78, 5) is 6.59. The van der Waals surface area contributed by atoms with E-state index in [4.69, 9.17) is 5.73 Å². The van der Waals surface area contributed by atoms with Gasteiger partial charge in [-0.2, -0.15) is 4.31 Å². The lowest BCUT2D eigenvalue weighted by molar-refractivity contribution is 0.444. The molecule has 1 unspecified atom stereocenters. The van der Waals surface area contributed by atoms with Crippen molar-refractivity contribution in [1.82, 2.24) is 14.3 Å². The Labute approximate surface area is 95.9 Å². The van der Waals surface area contributed by atoms with Crippen molar-refractivity contribution in [3.05, 3.63) is 12.0 Å². The average molecular weight is 246 g/mol. The molecule has 0 aliphatic heterocycles. The summed E-state index contributed by atoms with van der Waals surface area (Å²) in [5, 5.41) is 0.122. The predicted octanol–water partition coefficient (Wildman–Crippen LogP) is 0.0759. The van der Waals surface area contributed by atoms with Gasteiger partial charge in [0, 0.05) is 19.6 Å². The summed E-state index contributed by atoms with van der Waals surface area (Å²) in [7, 11) is -1.92. The fourth-order valence-corrected chi connectivity index (χ4v) is 2.35. The zero-order valence-corrected chi connectivity index (χ0v) is 10.6. The molecule has 0 aliphatic carbocycles. The standard InChI is InChI=1S/C9H18N4O2S/c1-7(10)4-5-13(3)16(14,15)9-6-11-8(2)12-9/h6-7H,4-5,10H2,1-3H3,(H,11,12). The van der Waals surface area contributed by atoms with Crippen molar-refractivity contribution >= 4 is 10.0 Å². The second-order valence-corrected chi connectivity index (χ2v) is 5.94. The highest BCUT2D eigenvalue weighted by Gasteiger charge is 2.22. The summed E-state index contributed by atoms with van der Waals surface area (Å²) < 4.78 is 25.2. The number of imidazole rings is 1. The van der Waals surface area contributed by atoms with E-state index in [2.05, 4.69) is 9.97 Å². The average Bonchev–Trinajstić information content (AvgIpc) is 2.61. The van der Waals surface area contributed by atoms with E-state index in [9.17, 15) is 8.42 Å². The molecule has 1 atom stereocenters. The fourth-order valence-electron chi connectivity index (χ4n) is 1.20. The first-order valence-electron chi connectivity index (χ1n) is 5.07. The molecule has 0 saturated heterocycles. The largest absolute Gasteiger partial charge is 0.332 e. The third-order valence-electron chi connectivity index (χ3n) is 2.27. The van der Waals surface area contributed by atoms with Gasteiger partial charge in [-0.25, -0.2) is 13.4 Å². The molecule has 16 heavy (non-hydrogen) atoms. The van der Waals surface area contributed by atoms with Crippen LogP contribution in [0, 0.1) is 6.92 Å². The Hall–Kier alpha value is -0.920. The summed E-state index contributed by atoms with van der Waals surface area (Å²) in [5.74, 6) is 0.583. The summed E-state index contributed by atoms with van der Waals surface area (Å²) in [5.41, 5.74) is 5.59. The fraction of sp³-hybridized carbons (Fsp3) is 0.667. The smallest absolute Gasteiger partial charge is 0.259 e. The number of aromatic nitrogens is 2. The van der Waals surface area contributed by atoms with Crippen LogP contribution in [-0.4, -0.2) is 42.3 Å². The van der Waals surface area contributed by atoms with Crippen LogP contribution in [0.5, 0.6) is 0 Å². The van der Waals surface area contributed by atoms with Crippen LogP contribution >= 0.6 is 0 Å². The lowest BCUT2D eigenvalue weighted by Crippen LogP contribution is -2.31. The molecule has 3 N–H and O–H groups in total. The van der Waals surface area contributed by atoms with Crippen LogP contribution in [0.3, 0.4) is 0 Å². The highest BCUT2D eigenvalue weighted by molar-refractivity contribution is 7.89. The lowest BCUT2D eigenvalue weighted by Gasteiger charge is -2.16. The topological polar surface area (TPSA) is 92.1 Å². The number of sulfonamides is 1. The molecule has 1 heterocycles. The van der Waals surface area contributed by atoms with Gasteiger partial charge in [0.15, 0.2) is 5.03 Å². The first-order valence-corrected chi connectivity index (χ1v) is 6.51. The van der Waals surface area contributed by atoms with Crippen LogP contribution < -0.4 is 5.73 Å². The van der Waals surface area contributed by atoms with Gasteiger partial charge in [-0.05, 0) is 20.3 Å². The minimum Gasteiger partial charge on any atom is -0.332 e. The van der Waals surface area contributed by atoms with Gasteiger partial charge in [-0.3, -0.25) is 0 Å². The second-order valence-electron chi connectivity index (χ2n) is 3.93. The van der Waals surface area contributed by atoms with Crippen LogP contribution in [0.2, 0.25) is 0 Å². The minimum atomic E-state index is -3.45. The highest BCUT2D eigenvalue weighted by Crippen LogP contribution is 2.11. The third-order valence-corrected chi connectivity index (χ3v) is 4.03. The maximum atomic E-state index is 12.0. The van der Waals surface area contributed by atoms with Crippen LogP contribution in [-0.2, 0) is 10.0 Å². The van der Waals surface area contributed by atoms with Gasteiger partial charge < -0.3 is 10.7 Å². The Balaban J connectivity index is 2.78. The minimum absolute atomic E-state index is 0.0128. The van der Waals surface area contributed by atoms with E-state index >= 15 is 0 Å². The Morgan fingerprint density at radius 1 is 1.62 bits per heavy atom. The summed E-state index contributed by atoms with van der Waals surface area (Å²) in [6.07, 6.45) is 1.95. The van der Waals surface area contributed by atoms with Crippen LogP contribution in [0.1, 0.15) is 19.2 Å². The number of H-pyrrole nitrogens is 1. The van der Waals surface area contributed by atoms with Crippen LogP contribution in [0.15, 0.2) is 11.2 Å². The normalized spacial score (nSPS) is 14.3. The van der Waals surface area contributed by atoms with Crippen molar-refractivity contribution in [3.8, 4) is 0 Å². The van der Waals surface area contributed by atoms with Gasteiger partial charge in [0.1, 0.15) is 5.82 Å². The molecule has 0 fully saturated rings. The van der Waals surface area contributed by atoms with Crippen molar-refractivity contribution in [2.45, 2.75) is 31.3 Å². The number of hydrogen-bond acceptors (Lipinski definition) is 4. The number of rotatable bonds is 5. The number of aryl methyl sites for hydroxylation is 1. The van der Waals surface area contributed by atoms with Gasteiger partial charge in [-0.15, -0.1) is 0 Å². The van der Waals surface area contributed by atoms with Gasteiger partial charge >= 0.3 is 0 Å². The molecule has 0 aromatic carbocycles. The molecule has 0 amide bonds. The van der Waals surface area contributed by atoms with Gasteiger partial charge in [-0.1, -0.05) is 0 Å². The van der Waals surface area contributed by atoms with Crippen molar-refractivity contribution in [3.63, 3.8) is 0 Å². The van der Waals surface area contributed by atoms with Crippen LogP contribution in [0.25, 0.3) is 0 Å². The zero-order valence-electron chi connectivity index (χ0n) is 9.77.